The number of nitrogens with one attached hydrogen (secondary N) is 1. The summed E-state index contributed by atoms with van der Waals surface area (Å²) in [4.78, 5) is 0. The zero-order chi connectivity index (χ0) is 9.38. The van der Waals surface area contributed by atoms with E-state index in [0.717, 1.165) is 18.9 Å². The summed E-state index contributed by atoms with van der Waals surface area (Å²) >= 11 is 0. The molecule has 1 heterocycles. The molecule has 2 heteroatoms. The Hall–Kier alpha value is -1.02. The van der Waals surface area contributed by atoms with Crippen LogP contribution in [0.2, 0.25) is 0 Å². The van der Waals surface area contributed by atoms with Crippen LogP contribution in [0.4, 0.5) is 0 Å². The minimum absolute atomic E-state index is 0.470. The van der Waals surface area contributed by atoms with Gasteiger partial charge in [0.25, 0.3) is 0 Å². The number of ether oxygens (including phenoxy) is 1. The van der Waals surface area contributed by atoms with Crippen molar-refractivity contribution in [2.24, 2.45) is 5.92 Å². The summed E-state index contributed by atoms with van der Waals surface area (Å²) in [5.41, 5.74) is 1.45. The van der Waals surface area contributed by atoms with Crippen LogP contribution in [-0.4, -0.2) is 19.2 Å². The quantitative estimate of drug-likeness (QED) is 0.627. The Morgan fingerprint density at radius 3 is 3.43 bits per heavy atom. The summed E-state index contributed by atoms with van der Waals surface area (Å²) in [5, 5.41) is 3.51. The van der Waals surface area contributed by atoms with Gasteiger partial charge in [-0.2, -0.15) is 0 Å². The third kappa shape index (κ3) is 1.30. The standard InChI is InChI=1S/C12H15NO/c1-2-4-10-8-12-11(7-9(10)3-1)13-5-6-14-12/h1-2,4,8-9,11,13H,3,5-7H2. The monoisotopic (exact) mass is 189 g/mol. The maximum Gasteiger partial charge on any atom is 0.113 e. The van der Waals surface area contributed by atoms with Crippen molar-refractivity contribution >= 4 is 0 Å². The molecular weight excluding hydrogens is 174 g/mol. The Morgan fingerprint density at radius 1 is 1.43 bits per heavy atom. The van der Waals surface area contributed by atoms with Gasteiger partial charge in [-0.15, -0.1) is 0 Å². The molecule has 14 heavy (non-hydrogen) atoms. The van der Waals surface area contributed by atoms with Gasteiger partial charge in [0.2, 0.25) is 0 Å². The molecule has 0 amide bonds. The lowest BCUT2D eigenvalue weighted by Crippen LogP contribution is -2.43. The molecule has 0 aromatic heterocycles. The van der Waals surface area contributed by atoms with Crippen molar-refractivity contribution in [1.29, 1.82) is 0 Å². The summed E-state index contributed by atoms with van der Waals surface area (Å²) in [6, 6.07) is 0.470. The van der Waals surface area contributed by atoms with E-state index >= 15 is 0 Å². The van der Waals surface area contributed by atoms with E-state index in [1.807, 2.05) is 0 Å². The lowest BCUT2D eigenvalue weighted by atomic mass is 9.81. The first kappa shape index (κ1) is 8.30. The van der Waals surface area contributed by atoms with E-state index in [1.165, 1.54) is 18.4 Å². The number of allylic oxidation sites excluding steroid dienone is 5. The normalized spacial score (nSPS) is 34.9. The molecule has 2 nitrogen and oxygen atoms in total. The molecule has 0 aromatic rings. The maximum atomic E-state index is 5.66. The van der Waals surface area contributed by atoms with Gasteiger partial charge in [-0.1, -0.05) is 18.2 Å². The van der Waals surface area contributed by atoms with Gasteiger partial charge >= 0.3 is 0 Å². The smallest absolute Gasteiger partial charge is 0.113 e. The Balaban J connectivity index is 1.92. The van der Waals surface area contributed by atoms with Crippen molar-refractivity contribution in [2.75, 3.05) is 13.2 Å². The van der Waals surface area contributed by atoms with Crippen LogP contribution in [0.5, 0.6) is 0 Å². The fourth-order valence-corrected chi connectivity index (χ4v) is 2.49. The molecule has 0 saturated carbocycles. The number of morpholine rings is 1. The van der Waals surface area contributed by atoms with Crippen molar-refractivity contribution in [3.63, 3.8) is 0 Å². The molecule has 0 bridgehead atoms. The van der Waals surface area contributed by atoms with Crippen LogP contribution in [-0.2, 0) is 4.74 Å². The molecule has 2 aliphatic carbocycles. The highest BCUT2D eigenvalue weighted by atomic mass is 16.5. The summed E-state index contributed by atoms with van der Waals surface area (Å²) in [7, 11) is 0. The molecule has 1 fully saturated rings. The predicted octanol–water partition coefficient (Wildman–Crippen LogP) is 1.76. The lowest BCUT2D eigenvalue weighted by molar-refractivity contribution is 0.135. The third-order valence-electron chi connectivity index (χ3n) is 3.25. The van der Waals surface area contributed by atoms with E-state index in [2.05, 4.69) is 29.6 Å². The Bertz CT molecular complexity index is 327. The van der Waals surface area contributed by atoms with Crippen LogP contribution in [0.3, 0.4) is 0 Å². The van der Waals surface area contributed by atoms with E-state index in [-0.39, 0.29) is 0 Å². The van der Waals surface area contributed by atoms with E-state index in [9.17, 15) is 0 Å². The van der Waals surface area contributed by atoms with Gasteiger partial charge in [-0.25, -0.2) is 0 Å². The Kier molecular flexibility index (Phi) is 1.95. The highest BCUT2D eigenvalue weighted by Gasteiger charge is 2.30. The maximum absolute atomic E-state index is 5.66. The first-order valence-corrected chi connectivity index (χ1v) is 5.38. The average Bonchev–Trinajstić information content (AvgIpc) is 2.26. The predicted molar refractivity (Wildman–Crippen MR) is 55.8 cm³/mol. The molecule has 3 rings (SSSR count). The second kappa shape index (κ2) is 3.28. The lowest BCUT2D eigenvalue weighted by Gasteiger charge is -2.35. The SMILES string of the molecule is C1=CCC2CC3NCCOC3=CC2=C1. The van der Waals surface area contributed by atoms with Gasteiger partial charge in [0.1, 0.15) is 12.4 Å². The molecule has 0 aromatic carbocycles. The van der Waals surface area contributed by atoms with Gasteiger partial charge in [-0.3, -0.25) is 0 Å². The molecule has 0 radical (unpaired) electrons. The minimum atomic E-state index is 0.470. The minimum Gasteiger partial charge on any atom is -0.495 e. The van der Waals surface area contributed by atoms with Crippen LogP contribution in [0.25, 0.3) is 0 Å². The van der Waals surface area contributed by atoms with Gasteiger partial charge in [-0.05, 0) is 30.4 Å². The molecule has 2 atom stereocenters. The van der Waals surface area contributed by atoms with Crippen LogP contribution in [0.15, 0.2) is 35.6 Å². The van der Waals surface area contributed by atoms with Gasteiger partial charge in [0, 0.05) is 6.54 Å². The van der Waals surface area contributed by atoms with Crippen LogP contribution in [0, 0.1) is 5.92 Å². The first-order valence-electron chi connectivity index (χ1n) is 5.38. The Morgan fingerprint density at radius 2 is 2.43 bits per heavy atom. The van der Waals surface area contributed by atoms with Crippen LogP contribution >= 0.6 is 0 Å². The molecule has 74 valence electrons. The molecule has 1 aliphatic heterocycles. The number of rotatable bonds is 0. The zero-order valence-electron chi connectivity index (χ0n) is 8.20. The van der Waals surface area contributed by atoms with E-state index in [1.54, 1.807) is 0 Å². The van der Waals surface area contributed by atoms with Gasteiger partial charge in [0.15, 0.2) is 0 Å². The number of fused-ring (bicyclic) bond motifs is 2. The van der Waals surface area contributed by atoms with Crippen molar-refractivity contribution < 1.29 is 4.74 Å². The largest absolute Gasteiger partial charge is 0.495 e. The van der Waals surface area contributed by atoms with Gasteiger partial charge in [0.05, 0.1) is 6.04 Å². The Labute approximate surface area is 84.3 Å². The summed E-state index contributed by atoms with van der Waals surface area (Å²) in [6.07, 6.45) is 11.2. The average molecular weight is 189 g/mol. The second-order valence-electron chi connectivity index (χ2n) is 4.17. The van der Waals surface area contributed by atoms with Crippen LogP contribution < -0.4 is 5.32 Å². The molecule has 3 aliphatic rings. The summed E-state index contributed by atoms with van der Waals surface area (Å²) in [5.74, 6) is 1.86. The topological polar surface area (TPSA) is 21.3 Å². The van der Waals surface area contributed by atoms with E-state index in [0.29, 0.717) is 12.0 Å². The molecular formula is C12H15NO. The highest BCUT2D eigenvalue weighted by molar-refractivity contribution is 5.36. The van der Waals surface area contributed by atoms with Crippen LogP contribution in [0.1, 0.15) is 12.8 Å². The molecule has 1 N–H and O–H groups in total. The number of hydrogen-bond acceptors (Lipinski definition) is 2. The van der Waals surface area contributed by atoms with Crippen molar-refractivity contribution in [3.8, 4) is 0 Å². The van der Waals surface area contributed by atoms with Crippen molar-refractivity contribution in [2.45, 2.75) is 18.9 Å². The van der Waals surface area contributed by atoms with E-state index < -0.39 is 0 Å². The van der Waals surface area contributed by atoms with E-state index in [4.69, 9.17) is 4.74 Å². The highest BCUT2D eigenvalue weighted by Crippen LogP contribution is 2.34. The zero-order valence-corrected chi connectivity index (χ0v) is 8.20. The van der Waals surface area contributed by atoms with Crippen molar-refractivity contribution in [3.05, 3.63) is 35.6 Å². The first-order chi connectivity index (χ1) is 6.93. The second-order valence-corrected chi connectivity index (χ2v) is 4.17. The fourth-order valence-electron chi connectivity index (χ4n) is 2.49. The molecule has 0 spiro atoms. The summed E-state index contributed by atoms with van der Waals surface area (Å²) < 4.78 is 5.66. The third-order valence-corrected chi connectivity index (χ3v) is 3.25. The summed E-state index contributed by atoms with van der Waals surface area (Å²) in [6.45, 7) is 1.81. The number of hydrogen-bond donors (Lipinski definition) is 1. The molecule has 1 saturated heterocycles. The molecule has 2 unspecified atom stereocenters. The van der Waals surface area contributed by atoms with Gasteiger partial charge < -0.3 is 10.1 Å². The fraction of sp³-hybridized carbons (Fsp3) is 0.500. The van der Waals surface area contributed by atoms with Crippen molar-refractivity contribution in [1.82, 2.24) is 5.32 Å².